The van der Waals surface area contributed by atoms with E-state index in [2.05, 4.69) is 17.0 Å². The van der Waals surface area contributed by atoms with Gasteiger partial charge in [0.15, 0.2) is 5.78 Å². The van der Waals surface area contributed by atoms with Gasteiger partial charge in [0.25, 0.3) is 0 Å². The van der Waals surface area contributed by atoms with Crippen LogP contribution in [0.1, 0.15) is 58.3 Å². The fourth-order valence-corrected chi connectivity index (χ4v) is 9.58. The van der Waals surface area contributed by atoms with Crippen molar-refractivity contribution in [2.45, 2.75) is 76.6 Å². The molecule has 0 aliphatic heterocycles. The quantitative estimate of drug-likeness (QED) is 0.742. The number of ketones is 1. The van der Waals surface area contributed by atoms with Gasteiger partial charge in [0.05, 0.1) is 17.9 Å². The van der Waals surface area contributed by atoms with Crippen molar-refractivity contribution >= 4 is 16.7 Å². The van der Waals surface area contributed by atoms with Crippen molar-refractivity contribution in [2.24, 2.45) is 46.8 Å². The van der Waals surface area contributed by atoms with Crippen molar-refractivity contribution < 1.29 is 14.3 Å². The third-order valence-electron chi connectivity index (χ3n) is 11.2. The van der Waals surface area contributed by atoms with Gasteiger partial charge in [-0.2, -0.15) is 5.10 Å². The van der Waals surface area contributed by atoms with Crippen molar-refractivity contribution in [3.05, 3.63) is 24.7 Å². The second-order valence-corrected chi connectivity index (χ2v) is 12.2. The maximum absolute atomic E-state index is 14.4. The molecule has 2 heterocycles. The van der Waals surface area contributed by atoms with Gasteiger partial charge in [0.1, 0.15) is 18.3 Å². The topological polar surface area (TPSA) is 68.0 Å². The zero-order valence-corrected chi connectivity index (χ0v) is 19.4. The SMILES string of the molecule is C[C@]12CC[C@@H]3[C@H]4CC[C@]5(O)C(F)C5[C@@H]4CC[C@H]3[C@@H]1CC[C@@H]2C(=O)Cn1ncc2ccncc21. The Balaban J connectivity index is 1.10. The Labute approximate surface area is 194 Å². The van der Waals surface area contributed by atoms with E-state index >= 15 is 0 Å². The maximum atomic E-state index is 14.4. The molecule has 0 aromatic carbocycles. The third-order valence-corrected chi connectivity index (χ3v) is 11.2. The van der Waals surface area contributed by atoms with Gasteiger partial charge in [-0.25, -0.2) is 4.39 Å². The van der Waals surface area contributed by atoms with Crippen LogP contribution < -0.4 is 0 Å². The first-order valence-electron chi connectivity index (χ1n) is 13.1. The molecule has 5 aliphatic carbocycles. The lowest BCUT2D eigenvalue weighted by Crippen LogP contribution is -2.50. The third kappa shape index (κ3) is 2.70. The number of halogens is 1. The van der Waals surface area contributed by atoms with E-state index in [0.717, 1.165) is 49.4 Å². The molecule has 5 fully saturated rings. The van der Waals surface area contributed by atoms with E-state index in [0.29, 0.717) is 48.3 Å². The lowest BCUT2D eigenvalue weighted by Gasteiger charge is -2.55. The maximum Gasteiger partial charge on any atom is 0.157 e. The minimum Gasteiger partial charge on any atom is -0.386 e. The van der Waals surface area contributed by atoms with Crippen LogP contribution in [0.4, 0.5) is 4.39 Å². The molecule has 0 saturated heterocycles. The van der Waals surface area contributed by atoms with E-state index in [9.17, 15) is 14.3 Å². The molecular weight excluding hydrogens is 417 g/mol. The Morgan fingerprint density at radius 1 is 1.09 bits per heavy atom. The highest BCUT2D eigenvalue weighted by Crippen LogP contribution is 2.69. The van der Waals surface area contributed by atoms with Gasteiger partial charge in [-0.3, -0.25) is 14.5 Å². The minimum atomic E-state index is -0.992. The molecule has 7 rings (SSSR count). The average molecular weight is 452 g/mol. The summed E-state index contributed by atoms with van der Waals surface area (Å²) in [4.78, 5) is 17.8. The Kier molecular flexibility index (Phi) is 4.27. The second kappa shape index (κ2) is 6.87. The van der Waals surface area contributed by atoms with Gasteiger partial charge >= 0.3 is 0 Å². The number of hydrogen-bond acceptors (Lipinski definition) is 4. The van der Waals surface area contributed by atoms with Crippen LogP contribution in [0.3, 0.4) is 0 Å². The number of aliphatic hydroxyl groups is 1. The summed E-state index contributed by atoms with van der Waals surface area (Å²) in [5.41, 5.74) is 0.00843. The summed E-state index contributed by atoms with van der Waals surface area (Å²) >= 11 is 0. The van der Waals surface area contributed by atoms with Gasteiger partial charge in [-0.15, -0.1) is 0 Å². The fourth-order valence-electron chi connectivity index (χ4n) is 9.58. The average Bonchev–Trinajstić information content (AvgIpc) is 3.11. The molecule has 5 nitrogen and oxygen atoms in total. The summed E-state index contributed by atoms with van der Waals surface area (Å²) in [6, 6.07) is 1.94. The van der Waals surface area contributed by atoms with E-state index in [-0.39, 0.29) is 17.3 Å². The summed E-state index contributed by atoms with van der Waals surface area (Å²) in [6.07, 6.45) is 12.7. The Hall–Kier alpha value is -1.82. The summed E-state index contributed by atoms with van der Waals surface area (Å²) in [7, 11) is 0. The van der Waals surface area contributed by atoms with Crippen molar-refractivity contribution in [1.82, 2.24) is 14.8 Å². The number of rotatable bonds is 3. The van der Waals surface area contributed by atoms with Crippen LogP contribution in [-0.2, 0) is 11.3 Å². The standard InChI is InChI=1S/C27H34FN3O2/c1-26-9-6-16-17-7-10-27(33)24(25(27)28)19(17)3-2-18(16)20(26)4-5-21(26)23(32)14-31-22-13-29-11-8-15(22)12-30-31/h8,11-13,16-21,24-25,33H,2-7,9-10,14H2,1H3/t16-,17-,18-,19-,20+,21-,24?,25?,26+,27-/m1/s1. The molecule has 10 atom stereocenters. The number of Topliss-reactive ketones (excluding diaryl/α,β-unsaturated/α-hetero) is 1. The van der Waals surface area contributed by atoms with Gasteiger partial charge in [0, 0.05) is 23.4 Å². The number of hydrogen-bond donors (Lipinski definition) is 1. The molecule has 2 aromatic heterocycles. The van der Waals surface area contributed by atoms with Crippen LogP contribution in [0.25, 0.3) is 10.9 Å². The zero-order valence-electron chi connectivity index (χ0n) is 19.4. The van der Waals surface area contributed by atoms with Crippen molar-refractivity contribution in [3.63, 3.8) is 0 Å². The largest absolute Gasteiger partial charge is 0.386 e. The van der Waals surface area contributed by atoms with E-state index in [4.69, 9.17) is 0 Å². The first-order chi connectivity index (χ1) is 15.9. The molecule has 6 heteroatoms. The first kappa shape index (κ1) is 20.5. The number of fused-ring (bicyclic) bond motifs is 8. The highest BCUT2D eigenvalue weighted by atomic mass is 19.1. The molecule has 0 spiro atoms. The van der Waals surface area contributed by atoms with E-state index in [1.165, 1.54) is 6.42 Å². The molecule has 176 valence electrons. The van der Waals surface area contributed by atoms with Crippen LogP contribution in [0, 0.1) is 46.8 Å². The number of carbonyl (C=O) groups excluding carboxylic acids is 1. The molecule has 5 aliphatic rings. The number of aromatic nitrogens is 3. The second-order valence-electron chi connectivity index (χ2n) is 12.2. The molecule has 0 radical (unpaired) electrons. The Morgan fingerprint density at radius 2 is 1.88 bits per heavy atom. The van der Waals surface area contributed by atoms with Gasteiger partial charge < -0.3 is 5.11 Å². The fraction of sp³-hybridized carbons (Fsp3) is 0.741. The first-order valence-corrected chi connectivity index (χ1v) is 13.1. The molecule has 5 saturated carbocycles. The van der Waals surface area contributed by atoms with Crippen LogP contribution in [0.5, 0.6) is 0 Å². The lowest BCUT2D eigenvalue weighted by atomic mass is 9.49. The molecule has 0 amide bonds. The normalized spacial score (nSPS) is 48.0. The van der Waals surface area contributed by atoms with Gasteiger partial charge in [0.2, 0.25) is 0 Å². The molecular formula is C27H34FN3O2. The number of pyridine rings is 1. The Morgan fingerprint density at radius 3 is 2.76 bits per heavy atom. The predicted molar refractivity (Wildman–Crippen MR) is 122 cm³/mol. The zero-order chi connectivity index (χ0) is 22.5. The van der Waals surface area contributed by atoms with E-state index in [1.54, 1.807) is 12.4 Å². The number of carbonyl (C=O) groups is 1. The van der Waals surface area contributed by atoms with E-state index in [1.807, 2.05) is 16.9 Å². The minimum absolute atomic E-state index is 0.0733. The molecule has 1 N–H and O–H groups in total. The van der Waals surface area contributed by atoms with Crippen LogP contribution in [-0.4, -0.2) is 37.4 Å². The van der Waals surface area contributed by atoms with Crippen LogP contribution >= 0.6 is 0 Å². The summed E-state index contributed by atoms with van der Waals surface area (Å²) in [5, 5.41) is 16.1. The van der Waals surface area contributed by atoms with E-state index < -0.39 is 11.8 Å². The Bertz CT molecular complexity index is 1120. The molecule has 0 bridgehead atoms. The number of alkyl halides is 1. The molecule has 2 aromatic rings. The summed E-state index contributed by atoms with van der Waals surface area (Å²) in [6.45, 7) is 2.72. The van der Waals surface area contributed by atoms with Crippen molar-refractivity contribution in [3.8, 4) is 0 Å². The van der Waals surface area contributed by atoms with Gasteiger partial charge in [-0.1, -0.05) is 6.92 Å². The summed E-state index contributed by atoms with van der Waals surface area (Å²) < 4.78 is 16.3. The predicted octanol–water partition coefficient (Wildman–Crippen LogP) is 4.58. The highest BCUT2D eigenvalue weighted by Gasteiger charge is 2.72. The molecule has 33 heavy (non-hydrogen) atoms. The lowest BCUT2D eigenvalue weighted by molar-refractivity contribution is -0.131. The summed E-state index contributed by atoms with van der Waals surface area (Å²) in [5.74, 6) is 3.22. The van der Waals surface area contributed by atoms with Crippen molar-refractivity contribution in [2.75, 3.05) is 0 Å². The smallest absolute Gasteiger partial charge is 0.157 e. The van der Waals surface area contributed by atoms with Crippen LogP contribution in [0.2, 0.25) is 0 Å². The highest BCUT2D eigenvalue weighted by molar-refractivity contribution is 5.84. The monoisotopic (exact) mass is 451 g/mol. The van der Waals surface area contributed by atoms with Gasteiger partial charge in [-0.05, 0) is 92.4 Å². The van der Waals surface area contributed by atoms with Crippen molar-refractivity contribution in [1.29, 1.82) is 0 Å². The van der Waals surface area contributed by atoms with Crippen LogP contribution in [0.15, 0.2) is 24.7 Å². The number of nitrogens with zero attached hydrogens (tertiary/aromatic N) is 3. The molecule has 2 unspecified atom stereocenters.